The Morgan fingerprint density at radius 1 is 1.04 bits per heavy atom. The lowest BCUT2D eigenvalue weighted by Gasteiger charge is -2.41. The highest BCUT2D eigenvalue weighted by Crippen LogP contribution is 2.46. The Balaban J connectivity index is 1.43. The van der Waals surface area contributed by atoms with Crippen LogP contribution in [0.3, 0.4) is 0 Å². The quantitative estimate of drug-likeness (QED) is 0.582. The summed E-state index contributed by atoms with van der Waals surface area (Å²) in [7, 11) is 0. The van der Waals surface area contributed by atoms with Gasteiger partial charge in [-0.2, -0.15) is 0 Å². The van der Waals surface area contributed by atoms with E-state index in [9.17, 15) is 10.1 Å². The summed E-state index contributed by atoms with van der Waals surface area (Å²) in [6.07, 6.45) is 8.94. The molecule has 1 aromatic carbocycles. The van der Waals surface area contributed by atoms with Crippen LogP contribution >= 0.6 is 0 Å². The van der Waals surface area contributed by atoms with Crippen molar-refractivity contribution in [3.8, 4) is 0 Å². The van der Waals surface area contributed by atoms with Crippen LogP contribution in [-0.4, -0.2) is 34.0 Å². The molecule has 3 aliphatic rings. The van der Waals surface area contributed by atoms with Crippen LogP contribution in [-0.2, 0) is 0 Å². The molecule has 3 fully saturated rings. The average Bonchev–Trinajstić information content (AvgIpc) is 3.19. The first kappa shape index (κ1) is 18.7. The summed E-state index contributed by atoms with van der Waals surface area (Å²) in [5, 5.41) is 14.9. The van der Waals surface area contributed by atoms with Gasteiger partial charge in [0.15, 0.2) is 0 Å². The Kier molecular flexibility index (Phi) is 4.91. The molecule has 0 radical (unpaired) electrons. The summed E-state index contributed by atoms with van der Waals surface area (Å²) in [6, 6.07) is 9.31. The number of fused-ring (bicyclic) bond motifs is 2. The van der Waals surface area contributed by atoms with Gasteiger partial charge in [-0.1, -0.05) is 32.9 Å². The fourth-order valence-electron chi connectivity index (χ4n) is 5.95. The van der Waals surface area contributed by atoms with Gasteiger partial charge in [0.25, 0.3) is 5.69 Å². The molecule has 2 bridgehead atoms. The number of nitro benzene ring substituents is 1. The molecular weight excluding hydrogens is 338 g/mol. The van der Waals surface area contributed by atoms with Crippen LogP contribution in [0.2, 0.25) is 0 Å². The van der Waals surface area contributed by atoms with Crippen molar-refractivity contribution in [2.75, 3.05) is 5.32 Å². The van der Waals surface area contributed by atoms with E-state index in [0.717, 1.165) is 12.3 Å². The minimum Gasteiger partial charge on any atom is -0.375 e. The molecule has 0 aromatic heterocycles. The van der Waals surface area contributed by atoms with Crippen LogP contribution in [0.1, 0.15) is 65.7 Å². The molecule has 1 aliphatic carbocycles. The van der Waals surface area contributed by atoms with E-state index in [0.29, 0.717) is 35.3 Å². The Labute approximate surface area is 162 Å². The second-order valence-electron chi connectivity index (χ2n) is 9.88. The SMILES string of the molecule is CC(C)(C)C1CCC(N2[C@H]3CC[C@@H]2[C@H](Nc2ccccc2[N+](=O)[O-])C3)CC1. The predicted molar refractivity (Wildman–Crippen MR) is 109 cm³/mol. The summed E-state index contributed by atoms with van der Waals surface area (Å²) >= 11 is 0. The van der Waals surface area contributed by atoms with Crippen molar-refractivity contribution in [2.24, 2.45) is 11.3 Å². The Bertz CT molecular complexity index is 691. The van der Waals surface area contributed by atoms with Gasteiger partial charge in [0.1, 0.15) is 5.69 Å². The Morgan fingerprint density at radius 3 is 2.37 bits per heavy atom. The van der Waals surface area contributed by atoms with E-state index in [2.05, 4.69) is 31.0 Å². The van der Waals surface area contributed by atoms with E-state index in [1.807, 2.05) is 12.1 Å². The van der Waals surface area contributed by atoms with Gasteiger partial charge in [-0.3, -0.25) is 15.0 Å². The second-order valence-corrected chi connectivity index (χ2v) is 9.88. The fourth-order valence-corrected chi connectivity index (χ4v) is 5.95. The molecule has 148 valence electrons. The van der Waals surface area contributed by atoms with Gasteiger partial charge in [-0.15, -0.1) is 0 Å². The van der Waals surface area contributed by atoms with Gasteiger partial charge in [0, 0.05) is 30.2 Å². The zero-order chi connectivity index (χ0) is 19.2. The van der Waals surface area contributed by atoms with Crippen LogP contribution < -0.4 is 5.32 Å². The van der Waals surface area contributed by atoms with Gasteiger partial charge in [-0.05, 0) is 62.3 Å². The van der Waals surface area contributed by atoms with Crippen LogP contribution in [0.4, 0.5) is 11.4 Å². The van der Waals surface area contributed by atoms with Crippen LogP contribution in [0.5, 0.6) is 0 Å². The maximum atomic E-state index is 11.3. The highest BCUT2D eigenvalue weighted by Gasteiger charge is 2.49. The maximum absolute atomic E-state index is 11.3. The Hall–Kier alpha value is -1.62. The lowest BCUT2D eigenvalue weighted by atomic mass is 9.71. The fraction of sp³-hybridized carbons (Fsp3) is 0.727. The van der Waals surface area contributed by atoms with E-state index >= 15 is 0 Å². The number of rotatable bonds is 4. The van der Waals surface area contributed by atoms with Crippen LogP contribution in [0.15, 0.2) is 24.3 Å². The molecule has 5 nitrogen and oxygen atoms in total. The topological polar surface area (TPSA) is 58.4 Å². The third-order valence-corrected chi connectivity index (χ3v) is 7.38. The molecule has 27 heavy (non-hydrogen) atoms. The van der Waals surface area contributed by atoms with E-state index in [-0.39, 0.29) is 10.6 Å². The molecule has 1 aromatic rings. The zero-order valence-electron chi connectivity index (χ0n) is 16.9. The molecule has 2 heterocycles. The van der Waals surface area contributed by atoms with Crippen LogP contribution in [0.25, 0.3) is 0 Å². The first-order valence-electron chi connectivity index (χ1n) is 10.6. The normalized spacial score (nSPS) is 34.0. The van der Waals surface area contributed by atoms with Crippen molar-refractivity contribution in [3.05, 3.63) is 34.4 Å². The zero-order valence-corrected chi connectivity index (χ0v) is 16.9. The Morgan fingerprint density at radius 2 is 1.70 bits per heavy atom. The molecule has 3 atom stereocenters. The molecule has 1 saturated carbocycles. The third-order valence-electron chi connectivity index (χ3n) is 7.38. The van der Waals surface area contributed by atoms with Crippen molar-refractivity contribution >= 4 is 11.4 Å². The summed E-state index contributed by atoms with van der Waals surface area (Å²) < 4.78 is 0. The number of hydrogen-bond acceptors (Lipinski definition) is 4. The number of nitro groups is 1. The van der Waals surface area contributed by atoms with Gasteiger partial charge in [0.05, 0.1) is 4.92 Å². The summed E-state index contributed by atoms with van der Waals surface area (Å²) in [5.74, 6) is 0.842. The van der Waals surface area contributed by atoms with Crippen molar-refractivity contribution in [1.29, 1.82) is 0 Å². The summed E-state index contributed by atoms with van der Waals surface area (Å²) in [6.45, 7) is 7.14. The van der Waals surface area contributed by atoms with E-state index in [1.165, 1.54) is 38.5 Å². The van der Waals surface area contributed by atoms with E-state index < -0.39 is 0 Å². The van der Waals surface area contributed by atoms with Gasteiger partial charge < -0.3 is 5.32 Å². The second kappa shape index (κ2) is 7.08. The number of benzene rings is 1. The van der Waals surface area contributed by atoms with Gasteiger partial charge >= 0.3 is 0 Å². The lowest BCUT2D eigenvalue weighted by molar-refractivity contribution is -0.384. The molecule has 0 spiro atoms. The molecule has 5 heteroatoms. The van der Waals surface area contributed by atoms with Crippen molar-refractivity contribution in [3.63, 3.8) is 0 Å². The molecule has 2 saturated heterocycles. The molecule has 0 amide bonds. The minimum absolute atomic E-state index is 0.192. The molecular formula is C22H33N3O2. The first-order chi connectivity index (χ1) is 12.8. The lowest BCUT2D eigenvalue weighted by Crippen LogP contribution is -2.45. The highest BCUT2D eigenvalue weighted by atomic mass is 16.6. The standard InChI is InChI=1S/C22H33N3O2/c1-22(2,3)15-8-10-16(11-9-15)24-17-12-13-20(24)19(14-17)23-18-6-4-5-7-21(18)25(26)27/h4-7,15-17,19-20,23H,8-14H2,1-3H3/t15?,16?,17-,19+,20+/m0/s1. The monoisotopic (exact) mass is 371 g/mol. The van der Waals surface area contributed by atoms with Crippen molar-refractivity contribution in [2.45, 2.75) is 89.9 Å². The number of para-hydroxylation sites is 2. The number of nitrogens with zero attached hydrogens (tertiary/aromatic N) is 2. The summed E-state index contributed by atoms with van der Waals surface area (Å²) in [4.78, 5) is 13.9. The van der Waals surface area contributed by atoms with Gasteiger partial charge in [0.2, 0.25) is 0 Å². The smallest absolute Gasteiger partial charge is 0.292 e. The van der Waals surface area contributed by atoms with E-state index in [1.54, 1.807) is 12.1 Å². The largest absolute Gasteiger partial charge is 0.375 e. The molecule has 2 aliphatic heterocycles. The highest BCUT2D eigenvalue weighted by molar-refractivity contribution is 5.62. The van der Waals surface area contributed by atoms with Crippen molar-refractivity contribution in [1.82, 2.24) is 4.90 Å². The average molecular weight is 372 g/mol. The van der Waals surface area contributed by atoms with Gasteiger partial charge in [-0.25, -0.2) is 0 Å². The minimum atomic E-state index is -0.277. The van der Waals surface area contributed by atoms with E-state index in [4.69, 9.17) is 0 Å². The maximum Gasteiger partial charge on any atom is 0.292 e. The van der Waals surface area contributed by atoms with Crippen molar-refractivity contribution < 1.29 is 4.92 Å². The van der Waals surface area contributed by atoms with Crippen LogP contribution in [0, 0.1) is 21.4 Å². The predicted octanol–water partition coefficient (Wildman–Crippen LogP) is 5.22. The number of nitrogens with one attached hydrogen (secondary N) is 1. The molecule has 0 unspecified atom stereocenters. The number of anilines is 1. The summed E-state index contributed by atoms with van der Waals surface area (Å²) in [5.41, 5.74) is 1.29. The first-order valence-corrected chi connectivity index (χ1v) is 10.6. The molecule has 1 N–H and O–H groups in total. The third kappa shape index (κ3) is 3.58. The molecule has 4 rings (SSSR count). The number of hydrogen-bond donors (Lipinski definition) is 1.